The molecule has 0 aliphatic heterocycles. The van der Waals surface area contributed by atoms with Gasteiger partial charge in [0, 0.05) is 18.0 Å². The molecule has 0 saturated heterocycles. The molecular formula is C23H38N2OS. The van der Waals surface area contributed by atoms with E-state index in [2.05, 4.69) is 60.0 Å². The molecule has 1 rings (SSSR count). The van der Waals surface area contributed by atoms with E-state index >= 15 is 0 Å². The topological polar surface area (TPSA) is 41.1 Å². The average Bonchev–Trinajstić information content (AvgIpc) is 2.69. The highest BCUT2D eigenvalue weighted by Gasteiger charge is 1.97. The monoisotopic (exact) mass is 390 g/mol. The minimum atomic E-state index is -0.0212. The first-order chi connectivity index (χ1) is 13.3. The van der Waals surface area contributed by atoms with Crippen LogP contribution in [0.25, 0.3) is 0 Å². The summed E-state index contributed by atoms with van der Waals surface area (Å²) < 4.78 is 0. The lowest BCUT2D eigenvalue weighted by atomic mass is 10.1. The summed E-state index contributed by atoms with van der Waals surface area (Å²) in [5.41, 5.74) is 0. The van der Waals surface area contributed by atoms with Gasteiger partial charge in [-0.15, -0.1) is 11.8 Å². The number of unbranched alkanes of at least 4 members (excludes halogenated alkanes) is 7. The van der Waals surface area contributed by atoms with Crippen LogP contribution in [-0.4, -0.2) is 24.9 Å². The Hall–Kier alpha value is -1.42. The summed E-state index contributed by atoms with van der Waals surface area (Å²) in [6, 6.07) is 10.6. The van der Waals surface area contributed by atoms with Crippen LogP contribution in [0, 0.1) is 0 Å². The second kappa shape index (κ2) is 18.0. The van der Waals surface area contributed by atoms with E-state index in [0.717, 1.165) is 38.8 Å². The lowest BCUT2D eigenvalue weighted by molar-refractivity contribution is 0.240. The standard InChI is InChI=1S/C23H38N2OS/c1-2-3-14-19-24-23(26)25-20-15-9-7-5-4-6-8-10-16-21-27-22-17-12-11-13-18-22/h4-5,11-13,17-18H,2-3,6-10,14-16,19-21H2,1H3,(H2,24,25,26)/b5-4-. The van der Waals surface area contributed by atoms with E-state index in [0.29, 0.717) is 0 Å². The Kier molecular flexibility index (Phi) is 15.7. The average molecular weight is 391 g/mol. The van der Waals surface area contributed by atoms with Gasteiger partial charge in [-0.05, 0) is 62.8 Å². The Morgan fingerprint density at radius 1 is 0.852 bits per heavy atom. The van der Waals surface area contributed by atoms with Gasteiger partial charge in [0.05, 0.1) is 0 Å². The van der Waals surface area contributed by atoms with Crippen LogP contribution in [0.15, 0.2) is 47.4 Å². The van der Waals surface area contributed by atoms with Crippen molar-refractivity contribution in [3.05, 3.63) is 42.5 Å². The quantitative estimate of drug-likeness (QED) is 0.191. The lowest BCUT2D eigenvalue weighted by Crippen LogP contribution is -2.36. The molecule has 4 heteroatoms. The number of nitrogens with one attached hydrogen (secondary N) is 2. The van der Waals surface area contributed by atoms with Gasteiger partial charge in [-0.25, -0.2) is 4.79 Å². The van der Waals surface area contributed by atoms with Gasteiger partial charge in [-0.2, -0.15) is 0 Å². The number of rotatable bonds is 16. The molecule has 2 N–H and O–H groups in total. The number of amides is 2. The molecule has 152 valence electrons. The number of urea groups is 1. The molecule has 3 nitrogen and oxygen atoms in total. The van der Waals surface area contributed by atoms with E-state index in [1.807, 2.05) is 11.8 Å². The molecule has 0 aromatic heterocycles. The Morgan fingerprint density at radius 2 is 1.48 bits per heavy atom. The van der Waals surface area contributed by atoms with Crippen molar-refractivity contribution in [2.75, 3.05) is 18.8 Å². The van der Waals surface area contributed by atoms with E-state index in [9.17, 15) is 4.79 Å². The third-order valence-electron chi connectivity index (χ3n) is 4.34. The smallest absolute Gasteiger partial charge is 0.314 e. The Labute approximate surface area is 170 Å². The molecule has 0 unspecified atom stereocenters. The molecule has 0 bridgehead atoms. The summed E-state index contributed by atoms with van der Waals surface area (Å²) in [5, 5.41) is 5.83. The zero-order valence-electron chi connectivity index (χ0n) is 17.1. The largest absolute Gasteiger partial charge is 0.338 e. The number of hydrogen-bond donors (Lipinski definition) is 2. The van der Waals surface area contributed by atoms with Crippen LogP contribution in [0.4, 0.5) is 4.79 Å². The van der Waals surface area contributed by atoms with E-state index in [4.69, 9.17) is 0 Å². The van der Waals surface area contributed by atoms with Crippen molar-refractivity contribution in [1.82, 2.24) is 10.6 Å². The number of carbonyl (C=O) groups excluding carboxylic acids is 1. The zero-order valence-corrected chi connectivity index (χ0v) is 17.9. The number of benzene rings is 1. The van der Waals surface area contributed by atoms with Crippen LogP contribution in [0.3, 0.4) is 0 Å². The molecule has 0 atom stereocenters. The molecule has 0 spiro atoms. The zero-order chi connectivity index (χ0) is 19.4. The molecule has 0 aliphatic carbocycles. The van der Waals surface area contributed by atoms with E-state index in [-0.39, 0.29) is 6.03 Å². The first kappa shape index (κ1) is 23.6. The molecule has 1 aromatic carbocycles. The number of allylic oxidation sites excluding steroid dienone is 2. The molecule has 0 heterocycles. The highest BCUT2D eigenvalue weighted by molar-refractivity contribution is 7.99. The summed E-state index contributed by atoms with van der Waals surface area (Å²) >= 11 is 1.96. The van der Waals surface area contributed by atoms with Gasteiger partial charge in [0.1, 0.15) is 0 Å². The van der Waals surface area contributed by atoms with Crippen LogP contribution in [0.1, 0.15) is 71.1 Å². The van der Waals surface area contributed by atoms with Crippen molar-refractivity contribution in [3.63, 3.8) is 0 Å². The second-order valence-corrected chi connectivity index (χ2v) is 8.04. The van der Waals surface area contributed by atoms with Gasteiger partial charge in [-0.1, -0.05) is 56.5 Å². The fraction of sp³-hybridized carbons (Fsp3) is 0.609. The lowest BCUT2D eigenvalue weighted by Gasteiger charge is -2.06. The van der Waals surface area contributed by atoms with Crippen LogP contribution in [0.2, 0.25) is 0 Å². The van der Waals surface area contributed by atoms with Gasteiger partial charge < -0.3 is 10.6 Å². The fourth-order valence-corrected chi connectivity index (χ4v) is 3.65. The maximum absolute atomic E-state index is 11.5. The molecule has 0 radical (unpaired) electrons. The summed E-state index contributed by atoms with van der Waals surface area (Å²) in [5.74, 6) is 1.22. The van der Waals surface area contributed by atoms with Gasteiger partial charge in [0.25, 0.3) is 0 Å². The van der Waals surface area contributed by atoms with Crippen LogP contribution >= 0.6 is 11.8 Å². The predicted molar refractivity (Wildman–Crippen MR) is 120 cm³/mol. The van der Waals surface area contributed by atoms with Crippen molar-refractivity contribution in [3.8, 4) is 0 Å². The van der Waals surface area contributed by atoms with E-state index in [1.54, 1.807) is 0 Å². The highest BCUT2D eigenvalue weighted by atomic mass is 32.2. The van der Waals surface area contributed by atoms with Gasteiger partial charge in [-0.3, -0.25) is 0 Å². The number of carbonyl (C=O) groups is 1. The predicted octanol–water partition coefficient (Wildman–Crippen LogP) is 6.56. The summed E-state index contributed by atoms with van der Waals surface area (Å²) in [6.07, 6.45) is 16.4. The third-order valence-corrected chi connectivity index (χ3v) is 5.44. The van der Waals surface area contributed by atoms with Crippen molar-refractivity contribution in [2.24, 2.45) is 0 Å². The first-order valence-electron chi connectivity index (χ1n) is 10.7. The highest BCUT2D eigenvalue weighted by Crippen LogP contribution is 2.19. The maximum atomic E-state index is 11.5. The fourth-order valence-electron chi connectivity index (χ4n) is 2.71. The minimum Gasteiger partial charge on any atom is -0.338 e. The number of hydrogen-bond acceptors (Lipinski definition) is 2. The summed E-state index contributed by atoms with van der Waals surface area (Å²) in [7, 11) is 0. The van der Waals surface area contributed by atoms with E-state index < -0.39 is 0 Å². The van der Waals surface area contributed by atoms with E-state index in [1.165, 1.54) is 49.2 Å². The molecule has 0 fully saturated rings. The van der Waals surface area contributed by atoms with Gasteiger partial charge >= 0.3 is 6.03 Å². The summed E-state index contributed by atoms with van der Waals surface area (Å²) in [6.45, 7) is 3.72. The molecular weight excluding hydrogens is 352 g/mol. The normalized spacial score (nSPS) is 11.0. The van der Waals surface area contributed by atoms with Crippen molar-refractivity contribution in [2.45, 2.75) is 76.0 Å². The molecule has 0 saturated carbocycles. The maximum Gasteiger partial charge on any atom is 0.314 e. The van der Waals surface area contributed by atoms with Crippen molar-refractivity contribution >= 4 is 17.8 Å². The van der Waals surface area contributed by atoms with Crippen molar-refractivity contribution in [1.29, 1.82) is 0 Å². The van der Waals surface area contributed by atoms with Crippen molar-refractivity contribution < 1.29 is 4.79 Å². The van der Waals surface area contributed by atoms with Gasteiger partial charge in [0.2, 0.25) is 0 Å². The third kappa shape index (κ3) is 15.3. The molecule has 0 aliphatic rings. The SMILES string of the molecule is CCCCCNC(=O)NCCCC/C=C\CCCCCSc1ccccc1. The Morgan fingerprint density at radius 3 is 2.15 bits per heavy atom. The number of thioether (sulfide) groups is 1. The Bertz CT molecular complexity index is 490. The molecule has 1 aromatic rings. The molecule has 2 amide bonds. The Balaban J connectivity index is 1.80. The van der Waals surface area contributed by atoms with Crippen LogP contribution < -0.4 is 10.6 Å². The minimum absolute atomic E-state index is 0.0212. The molecule has 27 heavy (non-hydrogen) atoms. The first-order valence-corrected chi connectivity index (χ1v) is 11.7. The van der Waals surface area contributed by atoms with Gasteiger partial charge in [0.15, 0.2) is 0 Å². The summed E-state index contributed by atoms with van der Waals surface area (Å²) in [4.78, 5) is 12.9. The van der Waals surface area contributed by atoms with Crippen LogP contribution in [-0.2, 0) is 0 Å². The second-order valence-electron chi connectivity index (χ2n) is 6.87. The van der Waals surface area contributed by atoms with Crippen LogP contribution in [0.5, 0.6) is 0 Å².